The van der Waals surface area contributed by atoms with Crippen molar-refractivity contribution >= 4 is 28.9 Å². The van der Waals surface area contributed by atoms with Crippen LogP contribution in [0.4, 0.5) is 5.69 Å². The summed E-state index contributed by atoms with van der Waals surface area (Å²) < 4.78 is 11.8. The third kappa shape index (κ3) is 7.48. The van der Waals surface area contributed by atoms with E-state index in [9.17, 15) is 0 Å². The van der Waals surface area contributed by atoms with E-state index in [4.69, 9.17) is 27.1 Å². The minimum absolute atomic E-state index is 0.471. The predicted octanol–water partition coefficient (Wildman–Crippen LogP) is 3.40. The predicted molar refractivity (Wildman–Crippen MR) is 157 cm³/mol. The number of amidine groups is 1. The summed E-state index contributed by atoms with van der Waals surface area (Å²) in [5, 5.41) is 16.3. The first-order chi connectivity index (χ1) is 18.6. The molecule has 38 heavy (non-hydrogen) atoms. The number of thiocarbonyl (C=S) groups is 1. The van der Waals surface area contributed by atoms with E-state index in [0.717, 1.165) is 48.0 Å². The Bertz CT molecular complexity index is 1050. The monoisotopic (exact) mass is 539 g/mol. The van der Waals surface area contributed by atoms with E-state index >= 15 is 0 Å². The third-order valence-corrected chi connectivity index (χ3v) is 7.61. The van der Waals surface area contributed by atoms with E-state index in [1.807, 2.05) is 37.5 Å². The molecule has 9 nitrogen and oxygen atoms in total. The molecule has 2 aromatic rings. The molecule has 0 amide bonds. The fourth-order valence-corrected chi connectivity index (χ4v) is 5.24. The number of hydrogen-bond acceptors (Lipinski definition) is 7. The number of rotatable bonds is 10. The maximum absolute atomic E-state index is 8.97. The molecule has 2 saturated heterocycles. The van der Waals surface area contributed by atoms with Crippen molar-refractivity contribution < 1.29 is 9.47 Å². The highest BCUT2D eigenvalue weighted by atomic mass is 32.1. The third-order valence-electron chi connectivity index (χ3n) is 7.20. The molecule has 3 heterocycles. The van der Waals surface area contributed by atoms with Crippen LogP contribution in [0.2, 0.25) is 0 Å². The van der Waals surface area contributed by atoms with E-state index in [0.29, 0.717) is 43.6 Å². The first kappa shape index (κ1) is 27.9. The first-order valence-corrected chi connectivity index (χ1v) is 14.0. The van der Waals surface area contributed by atoms with Crippen molar-refractivity contribution in [2.45, 2.75) is 32.2 Å². The first-order valence-electron chi connectivity index (χ1n) is 13.6. The Labute approximate surface area is 232 Å². The van der Waals surface area contributed by atoms with Gasteiger partial charge in [-0.3, -0.25) is 10.4 Å². The van der Waals surface area contributed by atoms with Crippen molar-refractivity contribution in [1.82, 2.24) is 25.0 Å². The topological polar surface area (TPSA) is 89.0 Å². The summed E-state index contributed by atoms with van der Waals surface area (Å²) in [6.45, 7) is 7.71. The lowest BCUT2D eigenvalue weighted by Gasteiger charge is -2.37. The Morgan fingerprint density at radius 3 is 2.50 bits per heavy atom. The number of piperidine rings is 1. The number of ether oxygens (including phenoxy) is 2. The van der Waals surface area contributed by atoms with Crippen LogP contribution in [0.25, 0.3) is 0 Å². The lowest BCUT2D eigenvalue weighted by molar-refractivity contribution is 0.203. The van der Waals surface area contributed by atoms with Crippen molar-refractivity contribution in [3.05, 3.63) is 47.8 Å². The standard InChI is InChI=1S/C28H41N7O2S/c1-30-24-19-26(37-17-7-12-33-10-4-3-5-11-33)25(36-2)18-23(24)27(29)34-13-15-35(16-14-34)28(38)32-21-22-8-6-9-31-20-22/h6,8-9,18-20,29-30H,3-5,7,10-17,21H2,1-2H3,(H,32,38). The lowest BCUT2D eigenvalue weighted by Crippen LogP contribution is -2.53. The fraction of sp³-hybridized carbons (Fsp3) is 0.536. The number of hydrogen-bond donors (Lipinski definition) is 3. The van der Waals surface area contributed by atoms with Gasteiger partial charge in [-0.25, -0.2) is 0 Å². The molecule has 1 aromatic carbocycles. The number of methoxy groups -OCH3 is 1. The second-order valence-corrected chi connectivity index (χ2v) is 10.1. The highest BCUT2D eigenvalue weighted by molar-refractivity contribution is 7.80. The Kier molecular flexibility index (Phi) is 10.4. The summed E-state index contributed by atoms with van der Waals surface area (Å²) in [4.78, 5) is 10.9. The van der Waals surface area contributed by atoms with Crippen molar-refractivity contribution in [3.63, 3.8) is 0 Å². The maximum Gasteiger partial charge on any atom is 0.169 e. The SMILES string of the molecule is CNc1cc(OCCCN2CCCCC2)c(OC)cc1C(=N)N1CCN(C(=S)NCc2cccnc2)CC1. The zero-order valence-electron chi connectivity index (χ0n) is 22.7. The summed E-state index contributed by atoms with van der Waals surface area (Å²) in [6.07, 6.45) is 8.55. The molecule has 3 N–H and O–H groups in total. The van der Waals surface area contributed by atoms with Gasteiger partial charge in [-0.2, -0.15) is 0 Å². The van der Waals surface area contributed by atoms with Crippen LogP contribution >= 0.6 is 12.2 Å². The molecule has 0 aliphatic carbocycles. The van der Waals surface area contributed by atoms with E-state index in [2.05, 4.69) is 30.3 Å². The molecular weight excluding hydrogens is 498 g/mol. The van der Waals surface area contributed by atoms with Gasteiger partial charge in [0.15, 0.2) is 16.6 Å². The fourth-order valence-electron chi connectivity index (χ4n) is 4.98. The van der Waals surface area contributed by atoms with Gasteiger partial charge in [-0.05, 0) is 62.3 Å². The summed E-state index contributed by atoms with van der Waals surface area (Å²) >= 11 is 5.62. The highest BCUT2D eigenvalue weighted by Crippen LogP contribution is 2.34. The van der Waals surface area contributed by atoms with Crippen molar-refractivity contribution in [2.75, 3.05) is 71.9 Å². The van der Waals surface area contributed by atoms with Crippen LogP contribution < -0.4 is 20.1 Å². The molecule has 2 fully saturated rings. The van der Waals surface area contributed by atoms with Gasteiger partial charge in [0.1, 0.15) is 5.84 Å². The molecule has 1 aromatic heterocycles. The van der Waals surface area contributed by atoms with Crippen LogP contribution in [0, 0.1) is 5.41 Å². The van der Waals surface area contributed by atoms with Crippen molar-refractivity contribution in [3.8, 4) is 11.5 Å². The molecule has 0 atom stereocenters. The van der Waals surface area contributed by atoms with Crippen LogP contribution in [-0.2, 0) is 6.54 Å². The van der Waals surface area contributed by atoms with Crippen LogP contribution in [0.1, 0.15) is 36.8 Å². The molecule has 2 aliphatic heterocycles. The summed E-state index contributed by atoms with van der Waals surface area (Å²) in [6, 6.07) is 7.83. The number of piperazine rings is 1. The van der Waals surface area contributed by atoms with Crippen LogP contribution in [0.3, 0.4) is 0 Å². The van der Waals surface area contributed by atoms with E-state index in [1.54, 1.807) is 13.3 Å². The average molecular weight is 540 g/mol. The smallest absolute Gasteiger partial charge is 0.169 e. The zero-order chi connectivity index (χ0) is 26.7. The van der Waals surface area contributed by atoms with Gasteiger partial charge in [0.2, 0.25) is 0 Å². The quantitative estimate of drug-likeness (QED) is 0.182. The number of nitrogens with zero attached hydrogens (tertiary/aromatic N) is 4. The maximum atomic E-state index is 8.97. The second kappa shape index (κ2) is 14.2. The number of benzene rings is 1. The van der Waals surface area contributed by atoms with E-state index < -0.39 is 0 Å². The second-order valence-electron chi connectivity index (χ2n) is 9.75. The zero-order valence-corrected chi connectivity index (χ0v) is 23.5. The number of likely N-dealkylation sites (tertiary alicyclic amines) is 1. The Morgan fingerprint density at radius 2 is 1.82 bits per heavy atom. The molecule has 2 aliphatic rings. The number of anilines is 1. The van der Waals surface area contributed by atoms with Gasteiger partial charge in [-0.1, -0.05) is 12.5 Å². The lowest BCUT2D eigenvalue weighted by atomic mass is 10.1. The van der Waals surface area contributed by atoms with Crippen LogP contribution in [0.5, 0.6) is 11.5 Å². The number of pyridine rings is 1. The van der Waals surface area contributed by atoms with E-state index in [1.165, 1.54) is 32.4 Å². The Hall–Kier alpha value is -3.11. The largest absolute Gasteiger partial charge is 0.493 e. The molecule has 206 valence electrons. The minimum Gasteiger partial charge on any atom is -0.493 e. The average Bonchev–Trinajstić information content (AvgIpc) is 2.98. The van der Waals surface area contributed by atoms with Crippen molar-refractivity contribution in [1.29, 1.82) is 5.41 Å². The van der Waals surface area contributed by atoms with Gasteiger partial charge < -0.3 is 34.8 Å². The highest BCUT2D eigenvalue weighted by Gasteiger charge is 2.24. The molecule has 0 radical (unpaired) electrons. The molecule has 10 heteroatoms. The van der Waals surface area contributed by atoms with Gasteiger partial charge >= 0.3 is 0 Å². The molecule has 4 rings (SSSR count). The Balaban J connectivity index is 1.30. The summed E-state index contributed by atoms with van der Waals surface area (Å²) in [5.74, 6) is 1.83. The molecular formula is C28H41N7O2S. The van der Waals surface area contributed by atoms with E-state index in [-0.39, 0.29) is 0 Å². The summed E-state index contributed by atoms with van der Waals surface area (Å²) in [7, 11) is 3.53. The molecule has 0 unspecified atom stereocenters. The van der Waals surface area contributed by atoms with Gasteiger partial charge in [0.05, 0.1) is 13.7 Å². The number of aromatic nitrogens is 1. The van der Waals surface area contributed by atoms with Crippen molar-refractivity contribution in [2.24, 2.45) is 0 Å². The van der Waals surface area contributed by atoms with Crippen LogP contribution in [0.15, 0.2) is 36.7 Å². The molecule has 0 saturated carbocycles. The normalized spacial score (nSPS) is 16.2. The minimum atomic E-state index is 0.471. The van der Waals surface area contributed by atoms with Gasteiger partial charge in [-0.15, -0.1) is 0 Å². The van der Waals surface area contributed by atoms with Gasteiger partial charge in [0.25, 0.3) is 0 Å². The Morgan fingerprint density at radius 1 is 1.05 bits per heavy atom. The van der Waals surface area contributed by atoms with Crippen LogP contribution in [-0.4, -0.2) is 97.2 Å². The van der Waals surface area contributed by atoms with Gasteiger partial charge in [0, 0.05) is 76.0 Å². The summed E-state index contributed by atoms with van der Waals surface area (Å²) in [5.41, 5.74) is 2.76. The molecule has 0 bridgehead atoms. The molecule has 0 spiro atoms. The number of nitrogens with one attached hydrogen (secondary N) is 3.